The van der Waals surface area contributed by atoms with Crippen LogP contribution in [-0.4, -0.2) is 42.5 Å². The van der Waals surface area contributed by atoms with Crippen molar-refractivity contribution < 1.29 is 4.79 Å². The van der Waals surface area contributed by atoms with Gasteiger partial charge >= 0.3 is 6.03 Å². The second kappa shape index (κ2) is 5.20. The summed E-state index contributed by atoms with van der Waals surface area (Å²) < 4.78 is 0. The summed E-state index contributed by atoms with van der Waals surface area (Å²) in [5.74, 6) is 0. The predicted octanol–water partition coefficient (Wildman–Crippen LogP) is 2.07. The lowest BCUT2D eigenvalue weighted by Gasteiger charge is -2.18. The van der Waals surface area contributed by atoms with Gasteiger partial charge in [0, 0.05) is 26.7 Å². The summed E-state index contributed by atoms with van der Waals surface area (Å²) in [7, 11) is 1.83. The van der Waals surface area contributed by atoms with Gasteiger partial charge in [-0.3, -0.25) is 0 Å². The Labute approximate surface area is 97.8 Å². The van der Waals surface area contributed by atoms with Crippen LogP contribution in [0.1, 0.15) is 33.1 Å². The molecule has 4 nitrogen and oxygen atoms in total. The Balaban J connectivity index is 2.18. The summed E-state index contributed by atoms with van der Waals surface area (Å²) >= 11 is 0. The summed E-state index contributed by atoms with van der Waals surface area (Å²) in [6, 6.07) is 2.44. The molecule has 0 aromatic rings. The number of rotatable bonds is 5. The number of likely N-dealkylation sites (N-methyl/N-ethyl adjacent to an activating group) is 1. The molecular formula is C12H21N3O. The van der Waals surface area contributed by atoms with E-state index in [-0.39, 0.29) is 11.4 Å². The molecule has 1 aliphatic heterocycles. The molecule has 0 spiro atoms. The minimum atomic E-state index is -0.230. The van der Waals surface area contributed by atoms with Crippen LogP contribution in [0.2, 0.25) is 0 Å². The van der Waals surface area contributed by atoms with Crippen LogP contribution in [0.5, 0.6) is 0 Å². The Kier molecular flexibility index (Phi) is 4.17. The van der Waals surface area contributed by atoms with Crippen molar-refractivity contribution in [1.29, 1.82) is 5.26 Å². The Morgan fingerprint density at radius 1 is 1.38 bits per heavy atom. The lowest BCUT2D eigenvalue weighted by Crippen LogP contribution is -2.30. The van der Waals surface area contributed by atoms with E-state index in [4.69, 9.17) is 5.26 Å². The predicted molar refractivity (Wildman–Crippen MR) is 62.8 cm³/mol. The van der Waals surface area contributed by atoms with Gasteiger partial charge in [-0.1, -0.05) is 6.42 Å². The molecule has 0 radical (unpaired) electrons. The van der Waals surface area contributed by atoms with E-state index in [0.29, 0.717) is 0 Å². The zero-order chi connectivity index (χ0) is 12.2. The van der Waals surface area contributed by atoms with E-state index in [1.165, 1.54) is 0 Å². The molecule has 0 aromatic carbocycles. The summed E-state index contributed by atoms with van der Waals surface area (Å²) in [5.41, 5.74) is -0.230. The van der Waals surface area contributed by atoms with Gasteiger partial charge in [-0.05, 0) is 26.7 Å². The third-order valence-electron chi connectivity index (χ3n) is 3.08. The molecule has 4 heteroatoms. The Morgan fingerprint density at radius 3 is 2.56 bits per heavy atom. The molecule has 0 bridgehead atoms. The fourth-order valence-corrected chi connectivity index (χ4v) is 1.84. The van der Waals surface area contributed by atoms with Gasteiger partial charge in [-0.2, -0.15) is 5.26 Å². The van der Waals surface area contributed by atoms with Gasteiger partial charge in [0.15, 0.2) is 0 Å². The molecule has 1 rings (SSSR count). The van der Waals surface area contributed by atoms with Crippen molar-refractivity contribution in [2.45, 2.75) is 33.1 Å². The highest BCUT2D eigenvalue weighted by Crippen LogP contribution is 2.21. The molecule has 1 fully saturated rings. The summed E-state index contributed by atoms with van der Waals surface area (Å²) in [5, 5.41) is 8.86. The van der Waals surface area contributed by atoms with E-state index in [2.05, 4.69) is 6.07 Å². The van der Waals surface area contributed by atoms with Crippen molar-refractivity contribution in [1.82, 2.24) is 9.80 Å². The number of hydrogen-bond acceptors (Lipinski definition) is 2. The molecule has 1 aliphatic rings. The Bertz CT molecular complexity index is 293. The molecule has 1 heterocycles. The number of carbonyl (C=O) groups excluding carboxylic acids is 1. The quantitative estimate of drug-likeness (QED) is 0.670. The van der Waals surface area contributed by atoms with Gasteiger partial charge in [0.05, 0.1) is 11.5 Å². The first kappa shape index (κ1) is 12.8. The molecule has 1 saturated heterocycles. The SMILES string of the molecule is CN1CCN(CCCCC(C)(C)C#N)C1=O. The van der Waals surface area contributed by atoms with E-state index in [1.54, 1.807) is 4.90 Å². The fourth-order valence-electron chi connectivity index (χ4n) is 1.84. The van der Waals surface area contributed by atoms with Crippen LogP contribution in [0, 0.1) is 16.7 Å². The van der Waals surface area contributed by atoms with E-state index >= 15 is 0 Å². The molecule has 90 valence electrons. The van der Waals surface area contributed by atoms with E-state index in [9.17, 15) is 4.79 Å². The van der Waals surface area contributed by atoms with Crippen molar-refractivity contribution in [2.24, 2.45) is 5.41 Å². The maximum absolute atomic E-state index is 11.6. The van der Waals surface area contributed by atoms with Crippen molar-refractivity contribution in [2.75, 3.05) is 26.7 Å². The highest BCUT2D eigenvalue weighted by atomic mass is 16.2. The van der Waals surface area contributed by atoms with Gasteiger partial charge < -0.3 is 9.80 Å². The molecule has 0 atom stereocenters. The average molecular weight is 223 g/mol. The zero-order valence-corrected chi connectivity index (χ0v) is 10.5. The van der Waals surface area contributed by atoms with Crippen molar-refractivity contribution in [3.63, 3.8) is 0 Å². The normalized spacial score (nSPS) is 16.8. The number of urea groups is 1. The number of unbranched alkanes of at least 4 members (excludes halogenated alkanes) is 1. The van der Waals surface area contributed by atoms with E-state index < -0.39 is 0 Å². The number of nitriles is 1. The number of amides is 2. The third kappa shape index (κ3) is 3.41. The summed E-state index contributed by atoms with van der Waals surface area (Å²) in [6.45, 7) is 6.42. The molecule has 0 saturated carbocycles. The summed E-state index contributed by atoms with van der Waals surface area (Å²) in [4.78, 5) is 15.2. The number of hydrogen-bond donors (Lipinski definition) is 0. The topological polar surface area (TPSA) is 47.3 Å². The maximum Gasteiger partial charge on any atom is 0.319 e. The van der Waals surface area contributed by atoms with Crippen LogP contribution in [0.25, 0.3) is 0 Å². The van der Waals surface area contributed by atoms with Crippen LogP contribution in [0.4, 0.5) is 4.79 Å². The number of carbonyl (C=O) groups is 1. The van der Waals surface area contributed by atoms with Crippen molar-refractivity contribution >= 4 is 6.03 Å². The lowest BCUT2D eigenvalue weighted by atomic mass is 9.89. The lowest BCUT2D eigenvalue weighted by molar-refractivity contribution is 0.197. The standard InChI is InChI=1S/C12H21N3O/c1-12(2,10-13)6-4-5-7-15-9-8-14(3)11(15)16/h4-9H2,1-3H3. The van der Waals surface area contributed by atoms with Crippen LogP contribution < -0.4 is 0 Å². The number of nitrogens with zero attached hydrogens (tertiary/aromatic N) is 3. The first-order valence-corrected chi connectivity index (χ1v) is 5.87. The fraction of sp³-hybridized carbons (Fsp3) is 0.833. The minimum Gasteiger partial charge on any atom is -0.326 e. The van der Waals surface area contributed by atoms with Gasteiger partial charge in [0.1, 0.15) is 0 Å². The Hall–Kier alpha value is -1.24. The second-order valence-corrected chi connectivity index (χ2v) is 5.14. The highest BCUT2D eigenvalue weighted by Gasteiger charge is 2.24. The maximum atomic E-state index is 11.6. The first-order valence-electron chi connectivity index (χ1n) is 5.87. The van der Waals surface area contributed by atoms with Crippen molar-refractivity contribution in [3.05, 3.63) is 0 Å². The van der Waals surface area contributed by atoms with E-state index in [1.807, 2.05) is 25.8 Å². The molecule has 0 aromatic heterocycles. The summed E-state index contributed by atoms with van der Waals surface area (Å²) in [6.07, 6.45) is 2.90. The van der Waals surface area contributed by atoms with Crippen LogP contribution >= 0.6 is 0 Å². The van der Waals surface area contributed by atoms with Gasteiger partial charge in [0.2, 0.25) is 0 Å². The largest absolute Gasteiger partial charge is 0.326 e. The second-order valence-electron chi connectivity index (χ2n) is 5.14. The van der Waals surface area contributed by atoms with Crippen LogP contribution in [-0.2, 0) is 0 Å². The van der Waals surface area contributed by atoms with Gasteiger partial charge in [-0.15, -0.1) is 0 Å². The van der Waals surface area contributed by atoms with Gasteiger partial charge in [0.25, 0.3) is 0 Å². The molecular weight excluding hydrogens is 202 g/mol. The van der Waals surface area contributed by atoms with Crippen LogP contribution in [0.15, 0.2) is 0 Å². The Morgan fingerprint density at radius 2 is 2.06 bits per heavy atom. The van der Waals surface area contributed by atoms with Crippen molar-refractivity contribution in [3.8, 4) is 6.07 Å². The molecule has 0 aliphatic carbocycles. The molecule has 0 unspecified atom stereocenters. The van der Waals surface area contributed by atoms with Gasteiger partial charge in [-0.25, -0.2) is 4.79 Å². The first-order chi connectivity index (χ1) is 7.46. The van der Waals surface area contributed by atoms with Crippen LogP contribution in [0.3, 0.4) is 0 Å². The average Bonchev–Trinajstić information content (AvgIpc) is 2.56. The highest BCUT2D eigenvalue weighted by molar-refractivity contribution is 5.76. The monoisotopic (exact) mass is 223 g/mol. The molecule has 2 amide bonds. The van der Waals surface area contributed by atoms with E-state index in [0.717, 1.165) is 38.9 Å². The minimum absolute atomic E-state index is 0.138. The zero-order valence-electron chi connectivity index (χ0n) is 10.5. The smallest absolute Gasteiger partial charge is 0.319 e. The third-order valence-corrected chi connectivity index (χ3v) is 3.08. The molecule has 0 N–H and O–H groups in total. The molecule has 16 heavy (non-hydrogen) atoms.